The number of rotatable bonds is 7. The first-order chi connectivity index (χ1) is 19.6. The van der Waals surface area contributed by atoms with Crippen LogP contribution >= 0.6 is 0 Å². The molecule has 1 atom stereocenters. The van der Waals surface area contributed by atoms with Crippen LogP contribution in [0.25, 0.3) is 33.5 Å². The van der Waals surface area contributed by atoms with E-state index < -0.39 is 10.0 Å². The maximum atomic E-state index is 13.3. The van der Waals surface area contributed by atoms with Gasteiger partial charge in [0.15, 0.2) is 11.4 Å². The van der Waals surface area contributed by atoms with Crippen molar-refractivity contribution in [3.05, 3.63) is 71.4 Å². The number of carbonyl (C=O) groups is 1. The fourth-order valence-electron chi connectivity index (χ4n) is 5.59. The number of oxazole rings is 1. The van der Waals surface area contributed by atoms with Crippen molar-refractivity contribution in [2.75, 3.05) is 35.6 Å². The van der Waals surface area contributed by atoms with Gasteiger partial charge in [-0.15, -0.1) is 0 Å². The van der Waals surface area contributed by atoms with Gasteiger partial charge in [-0.25, -0.2) is 13.4 Å². The van der Waals surface area contributed by atoms with Crippen LogP contribution in [0.5, 0.6) is 0 Å². The van der Waals surface area contributed by atoms with Crippen LogP contribution in [0.4, 0.5) is 11.7 Å². The minimum atomic E-state index is -3.58. The molecule has 0 aliphatic carbocycles. The molecule has 0 spiro atoms. The summed E-state index contributed by atoms with van der Waals surface area (Å²) in [5.74, 6) is 0.428. The molecule has 0 saturated carbocycles. The molecule has 6 rings (SSSR count). The number of sulfonamides is 1. The van der Waals surface area contributed by atoms with Crippen LogP contribution in [-0.4, -0.2) is 50.6 Å². The number of nitrogens with zero attached hydrogens (tertiary/aromatic N) is 4. The second-order valence-electron chi connectivity index (χ2n) is 10.7. The molecular formula is C31H32N4O5S. The van der Waals surface area contributed by atoms with Crippen LogP contribution in [0, 0.1) is 6.92 Å². The molecule has 1 aliphatic heterocycles. The van der Waals surface area contributed by atoms with Crippen molar-refractivity contribution >= 4 is 49.7 Å². The summed E-state index contributed by atoms with van der Waals surface area (Å²) in [5.41, 5.74) is 5.45. The van der Waals surface area contributed by atoms with Crippen LogP contribution in [0.1, 0.15) is 53.6 Å². The number of Topliss-reactive ketones (excluding diaryl/α,β-unsaturated/α-hetero) is 1. The molecule has 5 aromatic rings. The van der Waals surface area contributed by atoms with E-state index in [0.29, 0.717) is 58.2 Å². The predicted molar refractivity (Wildman–Crippen MR) is 160 cm³/mol. The maximum absolute atomic E-state index is 13.3. The van der Waals surface area contributed by atoms with Crippen LogP contribution in [-0.2, 0) is 10.0 Å². The third-order valence-electron chi connectivity index (χ3n) is 7.87. The number of hydrogen-bond donors (Lipinski definition) is 0. The summed E-state index contributed by atoms with van der Waals surface area (Å²) < 4.78 is 39.2. The zero-order valence-electron chi connectivity index (χ0n) is 23.5. The van der Waals surface area contributed by atoms with Crippen molar-refractivity contribution < 1.29 is 22.0 Å². The molecule has 0 radical (unpaired) electrons. The lowest BCUT2D eigenvalue weighted by Gasteiger charge is -2.34. The number of furan rings is 1. The minimum absolute atomic E-state index is 0.0289. The molecule has 0 N–H and O–H groups in total. The minimum Gasteiger partial charge on any atom is -0.455 e. The number of pyridine rings is 1. The van der Waals surface area contributed by atoms with Gasteiger partial charge in [-0.2, -0.15) is 4.98 Å². The van der Waals surface area contributed by atoms with E-state index in [1.54, 1.807) is 19.3 Å². The smallest absolute Gasteiger partial charge is 0.299 e. The summed E-state index contributed by atoms with van der Waals surface area (Å²) in [4.78, 5) is 24.3. The normalized spacial score (nSPS) is 16.0. The summed E-state index contributed by atoms with van der Waals surface area (Å²) in [5, 5.41) is 0.691. The van der Waals surface area contributed by atoms with Crippen molar-refractivity contribution in [1.82, 2.24) is 9.97 Å². The first-order valence-electron chi connectivity index (χ1n) is 13.7. The number of fused-ring (bicyclic) bond motifs is 2. The lowest BCUT2D eigenvalue weighted by molar-refractivity contribution is 0.0989. The van der Waals surface area contributed by atoms with E-state index in [4.69, 9.17) is 8.83 Å². The first kappa shape index (κ1) is 27.0. The fourth-order valence-corrected chi connectivity index (χ4v) is 6.10. The highest BCUT2D eigenvalue weighted by atomic mass is 32.2. The number of benzene rings is 2. The molecule has 212 valence electrons. The summed E-state index contributed by atoms with van der Waals surface area (Å²) in [6, 6.07) is 15.7. The fraction of sp³-hybridized carbons (Fsp3) is 0.323. The average Bonchev–Trinajstić information content (AvgIpc) is 3.57. The van der Waals surface area contributed by atoms with Crippen molar-refractivity contribution in [2.24, 2.45) is 0 Å². The van der Waals surface area contributed by atoms with E-state index in [2.05, 4.69) is 14.9 Å². The zero-order chi connectivity index (χ0) is 28.9. The van der Waals surface area contributed by atoms with Crippen molar-refractivity contribution in [3.63, 3.8) is 0 Å². The quantitative estimate of drug-likeness (QED) is 0.209. The van der Waals surface area contributed by atoms with Gasteiger partial charge >= 0.3 is 0 Å². The SMILES string of the molecule is CCC(=O)c1c(-c2ccc(C)cc2)oc2cc(N(C)S(C)(=O)=O)c([C@H]3CCCN(c4nc5ncccc5o4)C3)cc12. The zero-order valence-corrected chi connectivity index (χ0v) is 24.4. The molecule has 9 nitrogen and oxygen atoms in total. The van der Waals surface area contributed by atoms with Crippen LogP contribution in [0.15, 0.2) is 63.6 Å². The van der Waals surface area contributed by atoms with E-state index in [0.717, 1.165) is 36.1 Å². The number of aromatic nitrogens is 2. The molecule has 2 aromatic carbocycles. The van der Waals surface area contributed by atoms with Crippen molar-refractivity contribution in [2.45, 2.75) is 39.0 Å². The molecule has 4 heterocycles. The summed E-state index contributed by atoms with van der Waals surface area (Å²) in [6.45, 7) is 5.17. The van der Waals surface area contributed by atoms with Gasteiger partial charge in [-0.3, -0.25) is 9.10 Å². The molecule has 0 bridgehead atoms. The summed E-state index contributed by atoms with van der Waals surface area (Å²) in [7, 11) is -2.03. The molecule has 0 amide bonds. The second-order valence-corrected chi connectivity index (χ2v) is 12.7. The van der Waals surface area contributed by atoms with Gasteiger partial charge in [0.1, 0.15) is 11.3 Å². The third kappa shape index (κ3) is 4.97. The van der Waals surface area contributed by atoms with Crippen LogP contribution < -0.4 is 9.21 Å². The lowest BCUT2D eigenvalue weighted by atomic mass is 9.88. The van der Waals surface area contributed by atoms with Gasteiger partial charge in [-0.05, 0) is 43.5 Å². The Morgan fingerprint density at radius 1 is 1.12 bits per heavy atom. The van der Waals surface area contributed by atoms with E-state index in [-0.39, 0.29) is 11.7 Å². The van der Waals surface area contributed by atoms with E-state index in [1.165, 1.54) is 10.6 Å². The Labute approximate surface area is 238 Å². The number of anilines is 2. The Bertz CT molecular complexity index is 1840. The van der Waals surface area contributed by atoms with Crippen molar-refractivity contribution in [1.29, 1.82) is 0 Å². The second kappa shape index (κ2) is 10.3. The van der Waals surface area contributed by atoms with Crippen molar-refractivity contribution in [3.8, 4) is 11.3 Å². The highest BCUT2D eigenvalue weighted by molar-refractivity contribution is 7.92. The number of piperidine rings is 1. The van der Waals surface area contributed by atoms with Gasteiger partial charge in [0, 0.05) is 55.7 Å². The molecule has 3 aromatic heterocycles. The van der Waals surface area contributed by atoms with Crippen LogP contribution in [0.2, 0.25) is 0 Å². The Balaban J connectivity index is 1.50. The maximum Gasteiger partial charge on any atom is 0.299 e. The monoisotopic (exact) mass is 572 g/mol. The average molecular weight is 573 g/mol. The highest BCUT2D eigenvalue weighted by Crippen LogP contribution is 2.42. The molecule has 0 unspecified atom stereocenters. The number of aryl methyl sites for hydroxylation is 1. The van der Waals surface area contributed by atoms with Gasteiger partial charge in [-0.1, -0.05) is 36.8 Å². The molecular weight excluding hydrogens is 540 g/mol. The Morgan fingerprint density at radius 3 is 2.61 bits per heavy atom. The number of hydrogen-bond acceptors (Lipinski definition) is 8. The molecule has 10 heteroatoms. The van der Waals surface area contributed by atoms with Crippen LogP contribution in [0.3, 0.4) is 0 Å². The number of ketones is 1. The summed E-state index contributed by atoms with van der Waals surface area (Å²) >= 11 is 0. The Hall–Kier alpha value is -4.18. The largest absolute Gasteiger partial charge is 0.455 e. The Kier molecular flexibility index (Phi) is 6.81. The first-order valence-corrected chi connectivity index (χ1v) is 15.6. The highest BCUT2D eigenvalue weighted by Gasteiger charge is 2.31. The topological polar surface area (TPSA) is 110 Å². The van der Waals surface area contributed by atoms with E-state index in [1.807, 2.05) is 56.3 Å². The predicted octanol–water partition coefficient (Wildman–Crippen LogP) is 6.32. The summed E-state index contributed by atoms with van der Waals surface area (Å²) in [6.07, 6.45) is 4.88. The third-order valence-corrected chi connectivity index (χ3v) is 9.06. The lowest BCUT2D eigenvalue weighted by Crippen LogP contribution is -2.35. The number of carbonyl (C=O) groups excluding carboxylic acids is 1. The molecule has 41 heavy (non-hydrogen) atoms. The van der Waals surface area contributed by atoms with E-state index >= 15 is 0 Å². The standard InChI is InChI=1S/C31H32N4O5S/c1-5-25(36)28-23-16-22(21-8-7-15-35(18-21)31-33-30-26(40-31)9-6-14-32-30)24(34(3)41(4,37)38)17-27(23)39-29(28)20-12-10-19(2)11-13-20/h6,9-14,16-17,21H,5,7-8,15,18H2,1-4H3/t21-/m0/s1. The van der Waals surface area contributed by atoms with Gasteiger partial charge in [0.05, 0.1) is 17.5 Å². The molecule has 1 saturated heterocycles. The molecule has 1 fully saturated rings. The van der Waals surface area contributed by atoms with Gasteiger partial charge < -0.3 is 13.7 Å². The molecule has 1 aliphatic rings. The van der Waals surface area contributed by atoms with E-state index in [9.17, 15) is 13.2 Å². The van der Waals surface area contributed by atoms with Gasteiger partial charge in [0.2, 0.25) is 15.7 Å². The Morgan fingerprint density at radius 2 is 1.90 bits per heavy atom. The van der Waals surface area contributed by atoms with Gasteiger partial charge in [0.25, 0.3) is 6.01 Å².